The maximum Gasteiger partial charge on any atom is 0.191 e. The molecule has 158 valence electrons. The summed E-state index contributed by atoms with van der Waals surface area (Å²) in [7, 11) is 0.253. The van der Waals surface area contributed by atoms with Crippen LogP contribution in [0.15, 0.2) is 58.4 Å². The molecular formula is C22H31N3O3S. The largest absolute Gasteiger partial charge is 0.497 e. The highest BCUT2D eigenvalue weighted by molar-refractivity contribution is 7.90. The first-order valence-corrected chi connectivity index (χ1v) is 11.4. The molecule has 0 aromatic heterocycles. The maximum atomic E-state index is 11.5. The molecule has 0 amide bonds. The van der Waals surface area contributed by atoms with Crippen LogP contribution in [-0.4, -0.2) is 47.9 Å². The summed E-state index contributed by atoms with van der Waals surface area (Å²) in [5.41, 5.74) is 2.21. The van der Waals surface area contributed by atoms with E-state index in [-0.39, 0.29) is 5.41 Å². The van der Waals surface area contributed by atoms with Crippen LogP contribution in [0.25, 0.3) is 0 Å². The quantitative estimate of drug-likeness (QED) is 0.510. The summed E-state index contributed by atoms with van der Waals surface area (Å²) >= 11 is 0. The van der Waals surface area contributed by atoms with E-state index in [0.29, 0.717) is 11.4 Å². The number of ether oxygens (including phenoxy) is 1. The van der Waals surface area contributed by atoms with E-state index in [1.54, 1.807) is 26.3 Å². The molecular weight excluding hydrogens is 386 g/mol. The number of aliphatic imine (C=N–C) groups is 1. The smallest absolute Gasteiger partial charge is 0.191 e. The van der Waals surface area contributed by atoms with Crippen molar-refractivity contribution < 1.29 is 13.2 Å². The summed E-state index contributed by atoms with van der Waals surface area (Å²) < 4.78 is 28.3. The molecule has 7 heteroatoms. The van der Waals surface area contributed by atoms with Gasteiger partial charge in [-0.15, -0.1) is 0 Å². The molecule has 0 bridgehead atoms. The molecule has 2 rings (SSSR count). The zero-order valence-electron chi connectivity index (χ0n) is 17.8. The van der Waals surface area contributed by atoms with E-state index in [1.165, 1.54) is 11.8 Å². The Balaban J connectivity index is 1.85. The Morgan fingerprint density at radius 2 is 1.66 bits per heavy atom. The Hall–Kier alpha value is -2.54. The molecule has 0 saturated heterocycles. The van der Waals surface area contributed by atoms with E-state index in [0.717, 1.165) is 30.2 Å². The van der Waals surface area contributed by atoms with E-state index in [9.17, 15) is 8.42 Å². The van der Waals surface area contributed by atoms with Crippen molar-refractivity contribution in [3.05, 3.63) is 59.7 Å². The van der Waals surface area contributed by atoms with Gasteiger partial charge in [-0.3, -0.25) is 4.99 Å². The van der Waals surface area contributed by atoms with Crippen LogP contribution in [0.3, 0.4) is 0 Å². The molecule has 0 unspecified atom stereocenters. The molecule has 0 aliphatic heterocycles. The molecule has 0 radical (unpaired) electrons. The summed E-state index contributed by atoms with van der Waals surface area (Å²) in [6.07, 6.45) is 1.99. The van der Waals surface area contributed by atoms with Crippen molar-refractivity contribution in [2.45, 2.75) is 30.6 Å². The minimum absolute atomic E-state index is 0.0780. The highest BCUT2D eigenvalue weighted by Crippen LogP contribution is 2.24. The zero-order valence-corrected chi connectivity index (χ0v) is 18.6. The Labute approximate surface area is 174 Å². The van der Waals surface area contributed by atoms with Gasteiger partial charge in [-0.2, -0.15) is 0 Å². The van der Waals surface area contributed by atoms with Gasteiger partial charge in [0.15, 0.2) is 15.8 Å². The van der Waals surface area contributed by atoms with E-state index >= 15 is 0 Å². The third kappa shape index (κ3) is 6.78. The first-order chi connectivity index (χ1) is 13.7. The lowest BCUT2D eigenvalue weighted by Crippen LogP contribution is -2.44. The first-order valence-electron chi connectivity index (χ1n) is 9.54. The van der Waals surface area contributed by atoms with Crippen LogP contribution in [0.4, 0.5) is 0 Å². The molecule has 0 spiro atoms. The Morgan fingerprint density at radius 3 is 2.17 bits per heavy atom. The fourth-order valence-electron chi connectivity index (χ4n) is 2.90. The van der Waals surface area contributed by atoms with E-state index in [4.69, 9.17) is 4.74 Å². The Bertz CT molecular complexity index is 919. The van der Waals surface area contributed by atoms with Gasteiger partial charge in [-0.05, 0) is 41.8 Å². The van der Waals surface area contributed by atoms with Crippen molar-refractivity contribution in [1.29, 1.82) is 0 Å². The van der Waals surface area contributed by atoms with Crippen molar-refractivity contribution in [2.24, 2.45) is 4.99 Å². The van der Waals surface area contributed by atoms with Crippen LogP contribution in [0.2, 0.25) is 0 Å². The number of sulfone groups is 1. The lowest BCUT2D eigenvalue weighted by molar-refractivity contribution is 0.414. The molecule has 0 heterocycles. The number of benzene rings is 2. The topological polar surface area (TPSA) is 79.8 Å². The molecule has 0 aliphatic rings. The summed E-state index contributed by atoms with van der Waals surface area (Å²) in [6, 6.07) is 15.1. The summed E-state index contributed by atoms with van der Waals surface area (Å²) in [5, 5.41) is 6.69. The monoisotopic (exact) mass is 417 g/mol. The lowest BCUT2D eigenvalue weighted by atomic mass is 9.84. The standard InChI is InChI=1S/C22H31N3O3S/c1-22(2,18-8-10-19(28-4)11-9-18)16-25-21(23-3)24-15-14-17-6-12-20(13-7-17)29(5,26)27/h6-13H,14-16H2,1-5H3,(H2,23,24,25). The predicted molar refractivity (Wildman–Crippen MR) is 119 cm³/mol. The number of guanidine groups is 1. The number of hydrogen-bond acceptors (Lipinski definition) is 4. The predicted octanol–water partition coefficient (Wildman–Crippen LogP) is 2.78. The second kappa shape index (κ2) is 9.78. The van der Waals surface area contributed by atoms with Crippen molar-refractivity contribution in [2.75, 3.05) is 33.5 Å². The Kier molecular flexibility index (Phi) is 7.67. The molecule has 0 saturated carbocycles. The lowest BCUT2D eigenvalue weighted by Gasteiger charge is -2.27. The minimum Gasteiger partial charge on any atom is -0.497 e. The van der Waals surface area contributed by atoms with Gasteiger partial charge < -0.3 is 15.4 Å². The van der Waals surface area contributed by atoms with Crippen LogP contribution in [-0.2, 0) is 21.7 Å². The molecule has 29 heavy (non-hydrogen) atoms. The normalized spacial score (nSPS) is 12.5. The van der Waals surface area contributed by atoms with Gasteiger partial charge >= 0.3 is 0 Å². The number of nitrogens with one attached hydrogen (secondary N) is 2. The van der Waals surface area contributed by atoms with Crippen LogP contribution in [0.5, 0.6) is 5.75 Å². The fraction of sp³-hybridized carbons (Fsp3) is 0.409. The SMILES string of the molecule is CN=C(NCCc1ccc(S(C)(=O)=O)cc1)NCC(C)(C)c1ccc(OC)cc1. The summed E-state index contributed by atoms with van der Waals surface area (Å²) in [6.45, 7) is 5.78. The van der Waals surface area contributed by atoms with Gasteiger partial charge in [-0.25, -0.2) is 8.42 Å². The van der Waals surface area contributed by atoms with Gasteiger partial charge in [0.05, 0.1) is 12.0 Å². The number of methoxy groups -OCH3 is 1. The molecule has 2 N–H and O–H groups in total. The minimum atomic E-state index is -3.16. The van der Waals surface area contributed by atoms with Crippen molar-refractivity contribution >= 4 is 15.8 Å². The fourth-order valence-corrected chi connectivity index (χ4v) is 3.53. The van der Waals surface area contributed by atoms with Crippen molar-refractivity contribution in [3.63, 3.8) is 0 Å². The maximum absolute atomic E-state index is 11.5. The van der Waals surface area contributed by atoms with Crippen LogP contribution in [0.1, 0.15) is 25.0 Å². The second-order valence-corrected chi connectivity index (χ2v) is 9.65. The molecule has 0 aliphatic carbocycles. The highest BCUT2D eigenvalue weighted by Gasteiger charge is 2.21. The second-order valence-electron chi connectivity index (χ2n) is 7.63. The van der Waals surface area contributed by atoms with Gasteiger partial charge in [0.2, 0.25) is 0 Å². The van der Waals surface area contributed by atoms with E-state index in [2.05, 4.69) is 41.6 Å². The molecule has 2 aromatic carbocycles. The average molecular weight is 418 g/mol. The van der Waals surface area contributed by atoms with Crippen LogP contribution < -0.4 is 15.4 Å². The number of rotatable bonds is 8. The van der Waals surface area contributed by atoms with E-state index < -0.39 is 9.84 Å². The third-order valence-electron chi connectivity index (χ3n) is 4.85. The number of hydrogen-bond donors (Lipinski definition) is 2. The van der Waals surface area contributed by atoms with Gasteiger partial charge in [0.1, 0.15) is 5.75 Å². The zero-order chi connectivity index (χ0) is 21.5. The first kappa shape index (κ1) is 22.7. The van der Waals surface area contributed by atoms with Crippen LogP contribution in [0, 0.1) is 0 Å². The Morgan fingerprint density at radius 1 is 1.03 bits per heavy atom. The van der Waals surface area contributed by atoms with Gasteiger partial charge in [0, 0.05) is 31.8 Å². The van der Waals surface area contributed by atoms with Crippen LogP contribution >= 0.6 is 0 Å². The molecule has 6 nitrogen and oxygen atoms in total. The molecule has 0 fully saturated rings. The third-order valence-corrected chi connectivity index (χ3v) is 5.98. The summed E-state index contributed by atoms with van der Waals surface area (Å²) in [5.74, 6) is 1.58. The highest BCUT2D eigenvalue weighted by atomic mass is 32.2. The van der Waals surface area contributed by atoms with Gasteiger partial charge in [-0.1, -0.05) is 38.1 Å². The summed E-state index contributed by atoms with van der Waals surface area (Å²) in [4.78, 5) is 4.63. The number of nitrogens with zero attached hydrogens (tertiary/aromatic N) is 1. The molecule has 0 atom stereocenters. The van der Waals surface area contributed by atoms with Crippen molar-refractivity contribution in [3.8, 4) is 5.75 Å². The average Bonchev–Trinajstić information content (AvgIpc) is 2.70. The van der Waals surface area contributed by atoms with E-state index in [1.807, 2.05) is 24.3 Å². The van der Waals surface area contributed by atoms with Gasteiger partial charge in [0.25, 0.3) is 0 Å². The molecule has 2 aromatic rings. The van der Waals surface area contributed by atoms with Crippen molar-refractivity contribution in [1.82, 2.24) is 10.6 Å².